The van der Waals surface area contributed by atoms with Crippen molar-refractivity contribution in [3.05, 3.63) is 64.7 Å². The molecule has 0 unspecified atom stereocenters. The highest BCUT2D eigenvalue weighted by Gasteiger charge is 2.66. The van der Waals surface area contributed by atoms with Crippen LogP contribution in [0.25, 0.3) is 0 Å². The second-order valence-corrected chi connectivity index (χ2v) is 15.2. The summed E-state index contributed by atoms with van der Waals surface area (Å²) in [5.41, 5.74) is -1.63. The Balaban J connectivity index is 1.17. The van der Waals surface area contributed by atoms with E-state index in [4.69, 9.17) is 16.3 Å². The summed E-state index contributed by atoms with van der Waals surface area (Å²) in [6, 6.07) is 11.7. The number of hydrogen-bond acceptors (Lipinski definition) is 10. The maximum Gasteiger partial charge on any atom is 0.422 e. The summed E-state index contributed by atoms with van der Waals surface area (Å²) >= 11 is 6.00. The van der Waals surface area contributed by atoms with Gasteiger partial charge in [-0.25, -0.2) is 17.2 Å². The van der Waals surface area contributed by atoms with Gasteiger partial charge in [0.25, 0.3) is 11.8 Å². The van der Waals surface area contributed by atoms with Crippen LogP contribution >= 0.6 is 11.6 Å². The van der Waals surface area contributed by atoms with Gasteiger partial charge in [-0.15, -0.1) is 0 Å². The van der Waals surface area contributed by atoms with Crippen LogP contribution in [0.3, 0.4) is 0 Å². The first-order valence-corrected chi connectivity index (χ1v) is 16.8. The Bertz CT molecular complexity index is 1870. The molecule has 12 nitrogen and oxygen atoms in total. The molecule has 3 aliphatic rings. The maximum atomic E-state index is 13.6. The molecule has 0 bridgehead atoms. The van der Waals surface area contributed by atoms with Gasteiger partial charge in [0.05, 0.1) is 16.2 Å². The molecule has 0 saturated heterocycles. The van der Waals surface area contributed by atoms with E-state index in [0.717, 1.165) is 5.56 Å². The van der Waals surface area contributed by atoms with Crippen molar-refractivity contribution in [1.82, 2.24) is 25.0 Å². The Morgan fingerprint density at radius 2 is 1.61 bits per heavy atom. The molecule has 1 heterocycles. The van der Waals surface area contributed by atoms with Gasteiger partial charge in [-0.3, -0.25) is 14.3 Å². The fraction of sp³-hybridized carbons (Fsp3) is 0.433. The van der Waals surface area contributed by atoms with Crippen molar-refractivity contribution < 1.29 is 44.7 Å². The molecule has 19 heteroatoms. The van der Waals surface area contributed by atoms with E-state index >= 15 is 0 Å². The van der Waals surface area contributed by atoms with E-state index in [0.29, 0.717) is 30.7 Å². The summed E-state index contributed by atoms with van der Waals surface area (Å²) in [4.78, 5) is 38.2. The molecule has 6 rings (SSSR count). The molecule has 1 aromatic heterocycles. The lowest BCUT2D eigenvalue weighted by Crippen LogP contribution is -2.54. The van der Waals surface area contributed by atoms with E-state index in [1.807, 2.05) is 16.9 Å². The Kier molecular flexibility index (Phi) is 8.62. The van der Waals surface area contributed by atoms with Crippen molar-refractivity contribution in [2.75, 3.05) is 17.2 Å². The normalized spacial score (nSPS) is 21.8. The lowest BCUT2D eigenvalue weighted by Gasteiger charge is -2.21. The third-order valence-corrected chi connectivity index (χ3v) is 11.2. The number of sulfonamides is 1. The van der Waals surface area contributed by atoms with Crippen LogP contribution < -0.4 is 25.4 Å². The van der Waals surface area contributed by atoms with Crippen LogP contribution in [0.2, 0.25) is 5.02 Å². The first-order chi connectivity index (χ1) is 22.9. The minimum atomic E-state index is -4.66. The van der Waals surface area contributed by atoms with Crippen LogP contribution in [-0.4, -0.2) is 64.7 Å². The van der Waals surface area contributed by atoms with Crippen molar-refractivity contribution in [3.8, 4) is 6.01 Å². The molecule has 3 fully saturated rings. The summed E-state index contributed by atoms with van der Waals surface area (Å²) in [5.74, 6) is -4.00. The van der Waals surface area contributed by atoms with Crippen LogP contribution in [0.1, 0.15) is 54.9 Å². The molecule has 0 radical (unpaired) electrons. The van der Waals surface area contributed by atoms with Crippen molar-refractivity contribution in [1.29, 1.82) is 0 Å². The number of alkyl halides is 5. The number of aromatic nitrogens is 3. The van der Waals surface area contributed by atoms with Gasteiger partial charge in [-0.1, -0.05) is 23.7 Å². The van der Waals surface area contributed by atoms with Gasteiger partial charge < -0.3 is 20.7 Å². The van der Waals surface area contributed by atoms with E-state index in [2.05, 4.69) is 30.9 Å². The van der Waals surface area contributed by atoms with Crippen molar-refractivity contribution >= 4 is 51.0 Å². The Morgan fingerprint density at radius 3 is 2.16 bits per heavy atom. The van der Waals surface area contributed by atoms with Gasteiger partial charge in [0.15, 0.2) is 6.61 Å². The zero-order chi connectivity index (χ0) is 35.4. The number of nitrogens with zero attached hydrogens (tertiary/aromatic N) is 3. The Morgan fingerprint density at radius 1 is 0.980 bits per heavy atom. The maximum absolute atomic E-state index is 13.6. The molecular formula is C30H29ClF5N7O5S. The summed E-state index contributed by atoms with van der Waals surface area (Å²) in [6.45, 7) is -0.226. The molecule has 0 spiro atoms. The van der Waals surface area contributed by atoms with Crippen LogP contribution in [-0.2, 0) is 20.4 Å². The molecule has 2 aromatic carbocycles. The average Bonchev–Trinajstić information content (AvgIpc) is 3.93. The number of hydrogen-bond donors (Lipinski definition) is 4. The fourth-order valence-corrected chi connectivity index (χ4v) is 6.65. The molecule has 3 aliphatic carbocycles. The molecule has 4 N–H and O–H groups in total. The van der Waals surface area contributed by atoms with Crippen LogP contribution in [0.15, 0.2) is 48.5 Å². The number of carbonyl (C=O) groups is 2. The smallest absolute Gasteiger partial charge is 0.422 e. The number of benzene rings is 2. The highest BCUT2D eigenvalue weighted by molar-refractivity contribution is 7.91. The van der Waals surface area contributed by atoms with Crippen LogP contribution in [0.5, 0.6) is 6.01 Å². The second-order valence-electron chi connectivity index (χ2n) is 12.5. The lowest BCUT2D eigenvalue weighted by molar-refractivity contribution is -0.154. The predicted octanol–water partition coefficient (Wildman–Crippen LogP) is 5.06. The molecule has 0 aliphatic heterocycles. The average molecular weight is 730 g/mol. The summed E-state index contributed by atoms with van der Waals surface area (Å²) in [5, 5.41) is 8.77. The number of rotatable bonds is 13. The lowest BCUT2D eigenvalue weighted by atomic mass is 10.1. The molecule has 49 heavy (non-hydrogen) atoms. The SMILES string of the molecule is CC1(S(=O)(=O)NC(=O)[C@@]2(NC(=O)c3ccc(Nc4nc(NC5(c6ccc(Cl)cc6)CC5)nc(OCC(F)(F)F)n4)cc3)C[C@H]2C(F)F)CC1. The minimum absolute atomic E-state index is 0.0551. The first kappa shape index (κ1) is 34.5. The zero-order valence-corrected chi connectivity index (χ0v) is 27.1. The number of anilines is 3. The number of carbonyl (C=O) groups excluding carboxylic acids is 2. The summed E-state index contributed by atoms with van der Waals surface area (Å²) < 4.78 is 96.6. The van der Waals surface area contributed by atoms with Gasteiger partial charge in [0.1, 0.15) is 5.54 Å². The topological polar surface area (TPSA) is 164 Å². The number of ether oxygens (including phenoxy) is 1. The summed E-state index contributed by atoms with van der Waals surface area (Å²) in [7, 11) is -4.15. The number of halogens is 6. The van der Waals surface area contributed by atoms with Crippen LogP contribution in [0.4, 0.5) is 39.5 Å². The second kappa shape index (κ2) is 12.2. The first-order valence-electron chi connectivity index (χ1n) is 15.0. The Labute approximate surface area is 281 Å². The fourth-order valence-electron chi connectivity index (χ4n) is 5.22. The summed E-state index contributed by atoms with van der Waals surface area (Å²) in [6.07, 6.45) is -6.14. The molecule has 262 valence electrons. The molecule has 3 aromatic rings. The highest BCUT2D eigenvalue weighted by atomic mass is 35.5. The molecule has 2 atom stereocenters. The molecular weight excluding hydrogens is 701 g/mol. The van der Waals surface area contributed by atoms with Gasteiger partial charge >= 0.3 is 12.2 Å². The standard InChI is InChI=1S/C30H29ClF5N7O5S/c1-27(10-11-27)49(46,47)43-23(45)29(14-20(29)21(32)33)41-22(44)16-2-8-19(9-3-16)37-24-38-25(40-26(39-24)48-15-30(34,35)36)42-28(12-13-28)17-4-6-18(31)7-5-17/h2-9,20-21H,10-15H2,1H3,(H,41,44)(H,43,45)(H2,37,38,39,40,42)/t20-,29+/m0/s1. The highest BCUT2D eigenvalue weighted by Crippen LogP contribution is 2.50. The van der Waals surface area contributed by atoms with Crippen molar-refractivity contribution in [3.63, 3.8) is 0 Å². The van der Waals surface area contributed by atoms with E-state index in [1.54, 1.807) is 12.1 Å². The van der Waals surface area contributed by atoms with Gasteiger partial charge in [-0.05, 0) is 81.0 Å². The molecule has 3 saturated carbocycles. The van der Waals surface area contributed by atoms with E-state index < -0.39 is 75.2 Å². The van der Waals surface area contributed by atoms with Gasteiger partial charge in [-0.2, -0.15) is 28.1 Å². The van der Waals surface area contributed by atoms with Crippen molar-refractivity contribution in [2.45, 2.75) is 67.5 Å². The zero-order valence-electron chi connectivity index (χ0n) is 25.6. The monoisotopic (exact) mass is 729 g/mol. The number of amides is 2. The predicted molar refractivity (Wildman–Crippen MR) is 166 cm³/mol. The number of nitrogens with one attached hydrogen (secondary N) is 4. The third kappa shape index (κ3) is 7.49. The quantitative estimate of drug-likeness (QED) is 0.175. The van der Waals surface area contributed by atoms with Gasteiger partial charge in [0, 0.05) is 16.3 Å². The van der Waals surface area contributed by atoms with E-state index in [-0.39, 0.29) is 23.1 Å². The largest absolute Gasteiger partial charge is 0.454 e. The third-order valence-electron chi connectivity index (χ3n) is 8.77. The molecule has 2 amide bonds. The van der Waals surface area contributed by atoms with Gasteiger partial charge in [0.2, 0.25) is 28.3 Å². The minimum Gasteiger partial charge on any atom is -0.454 e. The Hall–Kier alpha value is -4.32. The van der Waals surface area contributed by atoms with E-state index in [9.17, 15) is 40.0 Å². The van der Waals surface area contributed by atoms with E-state index in [1.165, 1.54) is 31.2 Å². The van der Waals surface area contributed by atoms with Crippen molar-refractivity contribution in [2.24, 2.45) is 5.92 Å². The van der Waals surface area contributed by atoms with Crippen LogP contribution in [0, 0.1) is 5.92 Å².